The van der Waals surface area contributed by atoms with Crippen molar-refractivity contribution in [2.24, 2.45) is 0 Å². The second kappa shape index (κ2) is 4.76. The van der Waals surface area contributed by atoms with Gasteiger partial charge in [-0.3, -0.25) is 9.59 Å². The van der Waals surface area contributed by atoms with E-state index in [4.69, 9.17) is 0 Å². The van der Waals surface area contributed by atoms with Crippen LogP contribution < -0.4 is 4.90 Å². The van der Waals surface area contributed by atoms with E-state index in [0.717, 1.165) is 0 Å². The van der Waals surface area contributed by atoms with E-state index in [0.29, 0.717) is 11.3 Å². The van der Waals surface area contributed by atoms with Crippen molar-refractivity contribution >= 4 is 17.6 Å². The van der Waals surface area contributed by atoms with Gasteiger partial charge in [0.25, 0.3) is 0 Å². The lowest BCUT2D eigenvalue weighted by molar-refractivity contribution is -0.138. The van der Waals surface area contributed by atoms with E-state index in [1.165, 1.54) is 15.8 Å². The highest BCUT2D eigenvalue weighted by Gasteiger charge is 2.36. The molecule has 20 heavy (non-hydrogen) atoms. The van der Waals surface area contributed by atoms with Crippen LogP contribution in [0.2, 0.25) is 0 Å². The number of amides is 1. The number of hydrogen-bond acceptors (Lipinski definition) is 4. The van der Waals surface area contributed by atoms with Gasteiger partial charge in [-0.1, -0.05) is 23.4 Å². The number of para-hydroxylation sites is 1. The lowest BCUT2D eigenvalue weighted by atomic mass is 10.0. The molecular formula is C13H12N4O3. The number of nitrogens with zero attached hydrogens (tertiary/aromatic N) is 4. The van der Waals surface area contributed by atoms with E-state index in [2.05, 4.69) is 10.3 Å². The maximum atomic E-state index is 12.3. The van der Waals surface area contributed by atoms with Crippen LogP contribution in [0.5, 0.6) is 0 Å². The van der Waals surface area contributed by atoms with Crippen molar-refractivity contribution in [2.45, 2.75) is 12.5 Å². The van der Waals surface area contributed by atoms with Gasteiger partial charge in [-0.2, -0.15) is 0 Å². The van der Waals surface area contributed by atoms with Gasteiger partial charge in [0.2, 0.25) is 5.91 Å². The molecule has 1 atom stereocenters. The van der Waals surface area contributed by atoms with Crippen LogP contribution in [0.4, 0.5) is 5.69 Å². The Hall–Kier alpha value is -2.70. The molecule has 1 unspecified atom stereocenters. The Morgan fingerprint density at radius 2 is 2.15 bits per heavy atom. The largest absolute Gasteiger partial charge is 0.481 e. The molecule has 1 amide bonds. The summed E-state index contributed by atoms with van der Waals surface area (Å²) in [6.45, 7) is 0.197. The van der Waals surface area contributed by atoms with E-state index in [1.807, 2.05) is 0 Å². The molecule has 1 aliphatic rings. The van der Waals surface area contributed by atoms with Crippen LogP contribution in [0.15, 0.2) is 36.7 Å². The summed E-state index contributed by atoms with van der Waals surface area (Å²) in [5, 5.41) is 16.6. The summed E-state index contributed by atoms with van der Waals surface area (Å²) in [4.78, 5) is 25.1. The predicted octanol–water partition coefficient (Wildman–Crippen LogP) is 0.493. The Bertz CT molecular complexity index is 653. The summed E-state index contributed by atoms with van der Waals surface area (Å²) >= 11 is 0. The van der Waals surface area contributed by atoms with Crippen molar-refractivity contribution in [1.82, 2.24) is 15.0 Å². The van der Waals surface area contributed by atoms with Crippen LogP contribution in [0, 0.1) is 0 Å². The van der Waals surface area contributed by atoms with Gasteiger partial charge in [0.05, 0.1) is 6.20 Å². The minimum absolute atomic E-state index is 0.0423. The third-order valence-corrected chi connectivity index (χ3v) is 3.34. The van der Waals surface area contributed by atoms with Gasteiger partial charge < -0.3 is 10.0 Å². The zero-order valence-electron chi connectivity index (χ0n) is 10.5. The van der Waals surface area contributed by atoms with E-state index in [9.17, 15) is 14.7 Å². The van der Waals surface area contributed by atoms with Crippen LogP contribution in [0.3, 0.4) is 0 Å². The molecule has 7 nitrogen and oxygen atoms in total. The maximum absolute atomic E-state index is 12.3. The summed E-state index contributed by atoms with van der Waals surface area (Å²) in [6, 6.07) is 7.08. The summed E-state index contributed by atoms with van der Waals surface area (Å²) in [6.07, 6.45) is 3.08. The molecule has 1 aliphatic heterocycles. The Labute approximate surface area is 114 Å². The number of aromatic nitrogens is 3. The Morgan fingerprint density at radius 1 is 1.35 bits per heavy atom. The molecule has 0 saturated heterocycles. The number of benzene rings is 1. The molecule has 0 bridgehead atoms. The smallest absolute Gasteiger partial charge is 0.312 e. The molecule has 2 aromatic rings. The quantitative estimate of drug-likeness (QED) is 0.878. The number of hydrogen-bond donors (Lipinski definition) is 1. The number of carbonyl (C=O) groups is 2. The first-order valence-electron chi connectivity index (χ1n) is 6.13. The Kier molecular flexibility index (Phi) is 2.94. The number of aliphatic carboxylic acids is 1. The van der Waals surface area contributed by atoms with Crippen molar-refractivity contribution in [2.75, 3.05) is 11.4 Å². The first kappa shape index (κ1) is 12.3. The van der Waals surface area contributed by atoms with Crippen LogP contribution in [-0.4, -0.2) is 38.5 Å². The van der Waals surface area contributed by atoms with Crippen molar-refractivity contribution in [3.8, 4) is 0 Å². The van der Waals surface area contributed by atoms with E-state index in [-0.39, 0.29) is 19.0 Å². The van der Waals surface area contributed by atoms with Gasteiger partial charge in [-0.05, 0) is 11.6 Å². The van der Waals surface area contributed by atoms with Gasteiger partial charge in [-0.25, -0.2) is 4.68 Å². The minimum Gasteiger partial charge on any atom is -0.481 e. The second-order valence-corrected chi connectivity index (χ2v) is 4.55. The fourth-order valence-electron chi connectivity index (χ4n) is 2.40. The number of rotatable bonds is 3. The monoisotopic (exact) mass is 272 g/mol. The first-order chi connectivity index (χ1) is 9.66. The van der Waals surface area contributed by atoms with Crippen molar-refractivity contribution in [3.63, 3.8) is 0 Å². The number of carboxylic acids is 1. The molecule has 0 radical (unpaired) electrons. The van der Waals surface area contributed by atoms with Crippen LogP contribution in [0.25, 0.3) is 0 Å². The van der Waals surface area contributed by atoms with Gasteiger partial charge in [0.1, 0.15) is 12.5 Å². The number of carbonyl (C=O) groups excluding carboxylic acids is 1. The minimum atomic E-state index is -0.923. The zero-order chi connectivity index (χ0) is 14.1. The summed E-state index contributed by atoms with van der Waals surface area (Å²) < 4.78 is 1.42. The molecule has 1 N–H and O–H groups in total. The molecule has 1 aromatic carbocycles. The lowest BCUT2D eigenvalue weighted by Crippen LogP contribution is -2.34. The predicted molar refractivity (Wildman–Crippen MR) is 69.2 cm³/mol. The number of fused-ring (bicyclic) bond motifs is 1. The fraction of sp³-hybridized carbons (Fsp3) is 0.231. The first-order valence-corrected chi connectivity index (χ1v) is 6.13. The molecule has 102 valence electrons. The number of anilines is 1. The summed E-state index contributed by atoms with van der Waals surface area (Å²) in [5.41, 5.74) is 1.33. The lowest BCUT2D eigenvalue weighted by Gasteiger charge is -2.17. The highest BCUT2D eigenvalue weighted by molar-refractivity contribution is 5.98. The fourth-order valence-corrected chi connectivity index (χ4v) is 2.40. The molecule has 2 heterocycles. The number of carboxylic acid groups (broad SMARTS) is 1. The SMILES string of the molecule is O=C(O)C1CN(C(=O)Cn2ccnn2)c2ccccc21. The Morgan fingerprint density at radius 3 is 2.85 bits per heavy atom. The second-order valence-electron chi connectivity index (χ2n) is 4.55. The van der Waals surface area contributed by atoms with E-state index >= 15 is 0 Å². The van der Waals surface area contributed by atoms with Crippen LogP contribution in [-0.2, 0) is 16.1 Å². The van der Waals surface area contributed by atoms with Crippen molar-refractivity contribution in [1.29, 1.82) is 0 Å². The van der Waals surface area contributed by atoms with Gasteiger partial charge in [0, 0.05) is 18.4 Å². The maximum Gasteiger partial charge on any atom is 0.312 e. The topological polar surface area (TPSA) is 88.3 Å². The average molecular weight is 272 g/mol. The molecule has 0 fully saturated rings. The highest BCUT2D eigenvalue weighted by atomic mass is 16.4. The molecule has 3 rings (SSSR count). The van der Waals surface area contributed by atoms with Crippen LogP contribution in [0.1, 0.15) is 11.5 Å². The van der Waals surface area contributed by atoms with Crippen molar-refractivity contribution in [3.05, 3.63) is 42.2 Å². The van der Waals surface area contributed by atoms with E-state index < -0.39 is 11.9 Å². The molecule has 0 spiro atoms. The van der Waals surface area contributed by atoms with Crippen molar-refractivity contribution < 1.29 is 14.7 Å². The van der Waals surface area contributed by atoms with Gasteiger partial charge in [-0.15, -0.1) is 5.10 Å². The van der Waals surface area contributed by atoms with Crippen LogP contribution >= 0.6 is 0 Å². The summed E-state index contributed by atoms with van der Waals surface area (Å²) in [7, 11) is 0. The third-order valence-electron chi connectivity index (χ3n) is 3.34. The van der Waals surface area contributed by atoms with Gasteiger partial charge in [0.15, 0.2) is 0 Å². The Balaban J connectivity index is 1.88. The van der Waals surface area contributed by atoms with E-state index in [1.54, 1.807) is 30.5 Å². The van der Waals surface area contributed by atoms with Gasteiger partial charge >= 0.3 is 5.97 Å². The standard InChI is InChI=1S/C13H12N4O3/c18-12(8-16-6-5-14-15-16)17-7-10(13(19)20)9-3-1-2-4-11(9)17/h1-6,10H,7-8H2,(H,19,20). The normalized spacial score (nSPS) is 17.0. The molecule has 7 heteroatoms. The molecule has 1 aromatic heterocycles. The zero-order valence-corrected chi connectivity index (χ0v) is 10.5. The molecular weight excluding hydrogens is 260 g/mol. The molecule has 0 aliphatic carbocycles. The highest BCUT2D eigenvalue weighted by Crippen LogP contribution is 2.36. The molecule has 0 saturated carbocycles. The average Bonchev–Trinajstić information content (AvgIpc) is 3.05. The summed E-state index contributed by atoms with van der Waals surface area (Å²) in [5.74, 6) is -1.80. The third kappa shape index (κ3) is 2.03.